The maximum atomic E-state index is 14.6. The number of aromatic nitrogens is 3. The summed E-state index contributed by atoms with van der Waals surface area (Å²) < 4.78 is 22.4. The first-order valence-electron chi connectivity index (χ1n) is 10.1. The van der Waals surface area contributed by atoms with Gasteiger partial charge in [-0.3, -0.25) is 9.78 Å². The number of pyridine rings is 1. The predicted octanol–water partition coefficient (Wildman–Crippen LogP) is 5.00. The summed E-state index contributed by atoms with van der Waals surface area (Å²) in [6.07, 6.45) is 5.87. The Bertz CT molecular complexity index is 1130. The Morgan fingerprint density at radius 2 is 2.07 bits per heavy atom. The van der Waals surface area contributed by atoms with Crippen LogP contribution in [0.2, 0.25) is 0 Å². The highest BCUT2D eigenvalue weighted by Gasteiger charge is 2.20. The number of halogens is 1. The SMILES string of the molecule is Cc1cnc(C)c(NC(=O)/C(F)=C/c2ccc3c(C)nn(C4CCCCO4)c3c2)c1. The molecule has 1 amide bonds. The third-order valence-corrected chi connectivity index (χ3v) is 5.33. The lowest BCUT2D eigenvalue weighted by molar-refractivity contribution is -0.114. The van der Waals surface area contributed by atoms with Crippen LogP contribution >= 0.6 is 0 Å². The van der Waals surface area contributed by atoms with Crippen molar-refractivity contribution in [3.05, 3.63) is 58.8 Å². The quantitative estimate of drug-likeness (QED) is 0.617. The van der Waals surface area contributed by atoms with Crippen molar-refractivity contribution in [1.29, 1.82) is 0 Å². The number of rotatable bonds is 4. The van der Waals surface area contributed by atoms with Crippen LogP contribution < -0.4 is 5.32 Å². The van der Waals surface area contributed by atoms with Gasteiger partial charge in [0, 0.05) is 18.2 Å². The van der Waals surface area contributed by atoms with Crippen LogP contribution in [-0.4, -0.2) is 27.3 Å². The van der Waals surface area contributed by atoms with Crippen LogP contribution in [0.25, 0.3) is 17.0 Å². The van der Waals surface area contributed by atoms with Crippen LogP contribution in [0.5, 0.6) is 0 Å². The smallest absolute Gasteiger partial charge is 0.284 e. The van der Waals surface area contributed by atoms with E-state index in [1.54, 1.807) is 25.3 Å². The molecule has 2 aromatic heterocycles. The summed E-state index contributed by atoms with van der Waals surface area (Å²) >= 11 is 0. The van der Waals surface area contributed by atoms with Crippen molar-refractivity contribution in [1.82, 2.24) is 14.8 Å². The van der Waals surface area contributed by atoms with E-state index >= 15 is 0 Å². The molecule has 0 saturated carbocycles. The fraction of sp³-hybridized carbons (Fsp3) is 0.348. The van der Waals surface area contributed by atoms with E-state index in [4.69, 9.17) is 4.74 Å². The summed E-state index contributed by atoms with van der Waals surface area (Å²) in [7, 11) is 0. The molecule has 3 aromatic rings. The molecule has 6 nitrogen and oxygen atoms in total. The normalized spacial score (nSPS) is 17.3. The maximum Gasteiger partial charge on any atom is 0.284 e. The number of fused-ring (bicyclic) bond motifs is 1. The van der Waals surface area contributed by atoms with Gasteiger partial charge in [0.25, 0.3) is 5.91 Å². The van der Waals surface area contributed by atoms with E-state index in [9.17, 15) is 9.18 Å². The molecular formula is C23H25FN4O2. The zero-order chi connectivity index (χ0) is 21.3. The number of ether oxygens (including phenoxy) is 1. The molecule has 1 unspecified atom stereocenters. The lowest BCUT2D eigenvalue weighted by Crippen LogP contribution is -2.19. The minimum Gasteiger partial charge on any atom is -0.356 e. The van der Waals surface area contributed by atoms with Crippen LogP contribution in [0, 0.1) is 20.8 Å². The summed E-state index contributed by atoms with van der Waals surface area (Å²) in [5.74, 6) is -1.67. The van der Waals surface area contributed by atoms with Crippen LogP contribution in [0.15, 0.2) is 36.3 Å². The van der Waals surface area contributed by atoms with E-state index in [0.29, 0.717) is 23.6 Å². The highest BCUT2D eigenvalue weighted by Crippen LogP contribution is 2.29. The fourth-order valence-corrected chi connectivity index (χ4v) is 3.70. The van der Waals surface area contributed by atoms with Crippen molar-refractivity contribution in [2.75, 3.05) is 11.9 Å². The van der Waals surface area contributed by atoms with E-state index in [1.807, 2.05) is 30.7 Å². The molecule has 1 aliphatic rings. The Labute approximate surface area is 174 Å². The molecule has 1 aliphatic heterocycles. The Kier molecular flexibility index (Phi) is 5.63. The molecule has 1 atom stereocenters. The van der Waals surface area contributed by atoms with Gasteiger partial charge in [-0.25, -0.2) is 9.07 Å². The number of hydrogen-bond acceptors (Lipinski definition) is 4. The summed E-state index contributed by atoms with van der Waals surface area (Å²) in [4.78, 5) is 16.5. The topological polar surface area (TPSA) is 69.0 Å². The largest absolute Gasteiger partial charge is 0.356 e. The molecule has 7 heteroatoms. The van der Waals surface area contributed by atoms with Crippen molar-refractivity contribution in [3.63, 3.8) is 0 Å². The third-order valence-electron chi connectivity index (χ3n) is 5.33. The Morgan fingerprint density at radius 1 is 1.23 bits per heavy atom. The van der Waals surface area contributed by atoms with Gasteiger partial charge in [-0.05, 0) is 69.4 Å². The summed E-state index contributed by atoms with van der Waals surface area (Å²) in [6, 6.07) is 7.31. The first-order valence-corrected chi connectivity index (χ1v) is 10.1. The zero-order valence-corrected chi connectivity index (χ0v) is 17.4. The molecule has 1 saturated heterocycles. The predicted molar refractivity (Wildman–Crippen MR) is 115 cm³/mol. The number of carbonyl (C=O) groups excluding carboxylic acids is 1. The number of nitrogens with zero attached hydrogens (tertiary/aromatic N) is 3. The Balaban J connectivity index is 1.61. The highest BCUT2D eigenvalue weighted by atomic mass is 19.1. The summed E-state index contributed by atoms with van der Waals surface area (Å²) in [5.41, 5.74) is 4.39. The second-order valence-electron chi connectivity index (χ2n) is 7.72. The standard InChI is InChI=1S/C23H25FN4O2/c1-14-10-20(16(3)25-13-14)26-23(29)19(24)11-17-7-8-18-15(2)27-28(21(18)12-17)22-6-4-5-9-30-22/h7-8,10-13,22H,4-6,9H2,1-3H3,(H,26,29)/b19-11-. The average Bonchev–Trinajstić information content (AvgIpc) is 3.07. The summed E-state index contributed by atoms with van der Waals surface area (Å²) in [6.45, 7) is 6.29. The number of benzene rings is 1. The number of nitrogens with one attached hydrogen (secondary N) is 1. The molecular weight excluding hydrogens is 383 g/mol. The van der Waals surface area contributed by atoms with Crippen molar-refractivity contribution in [2.24, 2.45) is 0 Å². The summed E-state index contributed by atoms with van der Waals surface area (Å²) in [5, 5.41) is 8.22. The van der Waals surface area contributed by atoms with Gasteiger partial charge < -0.3 is 10.1 Å². The molecule has 1 aromatic carbocycles. The first kappa shape index (κ1) is 20.2. The molecule has 0 aliphatic carbocycles. The van der Waals surface area contributed by atoms with Crippen LogP contribution in [0.4, 0.5) is 10.1 Å². The lowest BCUT2D eigenvalue weighted by Gasteiger charge is -2.23. The van der Waals surface area contributed by atoms with E-state index in [2.05, 4.69) is 15.4 Å². The Morgan fingerprint density at radius 3 is 2.83 bits per heavy atom. The molecule has 4 rings (SSSR count). The van der Waals surface area contributed by atoms with E-state index in [0.717, 1.165) is 41.4 Å². The van der Waals surface area contributed by atoms with Gasteiger partial charge in [-0.15, -0.1) is 0 Å². The first-order chi connectivity index (χ1) is 14.4. The van der Waals surface area contributed by atoms with Gasteiger partial charge in [0.2, 0.25) is 0 Å². The van der Waals surface area contributed by atoms with Crippen LogP contribution in [0.1, 0.15) is 48.0 Å². The number of aryl methyl sites for hydroxylation is 3. The number of hydrogen-bond donors (Lipinski definition) is 1. The van der Waals surface area contributed by atoms with Crippen LogP contribution in [-0.2, 0) is 9.53 Å². The van der Waals surface area contributed by atoms with Crippen LogP contribution in [0.3, 0.4) is 0 Å². The molecule has 1 fully saturated rings. The minimum absolute atomic E-state index is 0.112. The molecule has 30 heavy (non-hydrogen) atoms. The van der Waals surface area contributed by atoms with Gasteiger partial charge in [-0.1, -0.05) is 12.1 Å². The van der Waals surface area contributed by atoms with Crippen molar-refractivity contribution >= 4 is 28.6 Å². The van der Waals surface area contributed by atoms with Gasteiger partial charge in [0.15, 0.2) is 12.1 Å². The lowest BCUT2D eigenvalue weighted by atomic mass is 10.1. The molecule has 0 radical (unpaired) electrons. The van der Waals surface area contributed by atoms with E-state index < -0.39 is 11.7 Å². The molecule has 156 valence electrons. The van der Waals surface area contributed by atoms with Gasteiger partial charge in [0.05, 0.1) is 22.6 Å². The van der Waals surface area contributed by atoms with Crippen molar-refractivity contribution in [3.8, 4) is 0 Å². The van der Waals surface area contributed by atoms with Gasteiger partial charge in [-0.2, -0.15) is 5.10 Å². The van der Waals surface area contributed by atoms with Crippen molar-refractivity contribution in [2.45, 2.75) is 46.3 Å². The number of amides is 1. The average molecular weight is 408 g/mol. The molecule has 0 bridgehead atoms. The number of carbonyl (C=O) groups is 1. The Hall–Kier alpha value is -3.06. The fourth-order valence-electron chi connectivity index (χ4n) is 3.70. The second kappa shape index (κ2) is 8.36. The van der Waals surface area contributed by atoms with E-state index in [-0.39, 0.29) is 6.23 Å². The third kappa shape index (κ3) is 4.11. The second-order valence-corrected chi connectivity index (χ2v) is 7.72. The molecule has 1 N–H and O–H groups in total. The minimum atomic E-state index is -0.869. The highest BCUT2D eigenvalue weighted by molar-refractivity contribution is 6.05. The van der Waals surface area contributed by atoms with Crippen molar-refractivity contribution < 1.29 is 13.9 Å². The monoisotopic (exact) mass is 408 g/mol. The van der Waals surface area contributed by atoms with E-state index in [1.165, 1.54) is 6.08 Å². The van der Waals surface area contributed by atoms with Gasteiger partial charge >= 0.3 is 0 Å². The molecule has 3 heterocycles. The van der Waals surface area contributed by atoms with Gasteiger partial charge in [0.1, 0.15) is 0 Å². The molecule has 0 spiro atoms. The number of anilines is 1. The maximum absolute atomic E-state index is 14.6. The zero-order valence-electron chi connectivity index (χ0n) is 17.4.